The van der Waals surface area contributed by atoms with E-state index >= 15 is 0 Å². The molecule has 1 fully saturated rings. The molecule has 0 saturated carbocycles. The fraction of sp³-hybridized carbons (Fsp3) is 0.400. The molecule has 5 nitrogen and oxygen atoms in total. The number of hydrogen-bond donors (Lipinski definition) is 0. The molecule has 0 radical (unpaired) electrons. The summed E-state index contributed by atoms with van der Waals surface area (Å²) >= 11 is 0. The van der Waals surface area contributed by atoms with E-state index in [1.807, 2.05) is 56.3 Å². The molecule has 3 rings (SSSR count). The number of ether oxygens (including phenoxy) is 1. The van der Waals surface area contributed by atoms with Crippen LogP contribution >= 0.6 is 0 Å². The van der Waals surface area contributed by atoms with Crippen molar-refractivity contribution in [2.24, 2.45) is 0 Å². The minimum Gasteiger partial charge on any atom is -0.491 e. The normalized spacial score (nSPS) is 16.6. The van der Waals surface area contributed by atoms with Crippen LogP contribution in [0.25, 0.3) is 6.08 Å². The third-order valence-corrected chi connectivity index (χ3v) is 5.50. The molecule has 1 saturated heterocycles. The van der Waals surface area contributed by atoms with Gasteiger partial charge in [-0.05, 0) is 82.4 Å². The van der Waals surface area contributed by atoms with Crippen LogP contribution in [0.15, 0.2) is 54.6 Å². The SMILES string of the molecule is CC(C)Oc1ccc(C=CC(=O)N(C)c2ccc(N3CCC(N(C)C)C3)cc2)cc1. The molecule has 0 N–H and O–H groups in total. The number of anilines is 2. The first-order valence-electron chi connectivity index (χ1n) is 10.6. The smallest absolute Gasteiger partial charge is 0.250 e. The van der Waals surface area contributed by atoms with Crippen molar-refractivity contribution in [1.29, 1.82) is 0 Å². The highest BCUT2D eigenvalue weighted by atomic mass is 16.5. The fourth-order valence-electron chi connectivity index (χ4n) is 3.62. The van der Waals surface area contributed by atoms with Gasteiger partial charge in [0.05, 0.1) is 6.10 Å². The summed E-state index contributed by atoms with van der Waals surface area (Å²) in [6.07, 6.45) is 4.77. The van der Waals surface area contributed by atoms with Crippen molar-refractivity contribution in [2.75, 3.05) is 44.0 Å². The van der Waals surface area contributed by atoms with Crippen LogP contribution in [0.1, 0.15) is 25.8 Å². The molecule has 1 atom stereocenters. The predicted molar refractivity (Wildman–Crippen MR) is 125 cm³/mol. The van der Waals surface area contributed by atoms with Gasteiger partial charge in [-0.1, -0.05) is 12.1 Å². The molecule has 0 bridgehead atoms. The maximum atomic E-state index is 12.6. The Morgan fingerprint density at radius 3 is 2.30 bits per heavy atom. The second-order valence-electron chi connectivity index (χ2n) is 8.33. The summed E-state index contributed by atoms with van der Waals surface area (Å²) in [6.45, 7) is 6.12. The molecule has 0 aliphatic carbocycles. The minimum atomic E-state index is -0.0564. The molecule has 1 unspecified atom stereocenters. The van der Waals surface area contributed by atoms with E-state index in [4.69, 9.17) is 4.74 Å². The van der Waals surface area contributed by atoms with Crippen LogP contribution in [0, 0.1) is 0 Å². The molecule has 1 aliphatic rings. The Bertz CT molecular complexity index is 857. The first-order chi connectivity index (χ1) is 14.3. The average Bonchev–Trinajstić information content (AvgIpc) is 3.23. The van der Waals surface area contributed by atoms with Gasteiger partial charge in [-0.2, -0.15) is 0 Å². The minimum absolute atomic E-state index is 0.0564. The Morgan fingerprint density at radius 1 is 1.07 bits per heavy atom. The van der Waals surface area contributed by atoms with Gasteiger partial charge in [-0.3, -0.25) is 4.79 Å². The maximum Gasteiger partial charge on any atom is 0.250 e. The number of nitrogens with zero attached hydrogens (tertiary/aromatic N) is 3. The number of amides is 1. The summed E-state index contributed by atoms with van der Waals surface area (Å²) in [5.41, 5.74) is 3.06. The first-order valence-corrected chi connectivity index (χ1v) is 10.6. The Hall–Kier alpha value is -2.79. The van der Waals surface area contributed by atoms with Crippen molar-refractivity contribution < 1.29 is 9.53 Å². The van der Waals surface area contributed by atoms with Crippen molar-refractivity contribution in [3.63, 3.8) is 0 Å². The molecule has 160 valence electrons. The Kier molecular flexibility index (Phi) is 7.16. The van der Waals surface area contributed by atoms with Gasteiger partial charge >= 0.3 is 0 Å². The van der Waals surface area contributed by atoms with E-state index in [0.29, 0.717) is 6.04 Å². The number of benzene rings is 2. The van der Waals surface area contributed by atoms with E-state index in [-0.39, 0.29) is 12.0 Å². The summed E-state index contributed by atoms with van der Waals surface area (Å²) in [5, 5.41) is 0. The van der Waals surface area contributed by atoms with Crippen LogP contribution in [0.2, 0.25) is 0 Å². The summed E-state index contributed by atoms with van der Waals surface area (Å²) in [7, 11) is 6.08. The van der Waals surface area contributed by atoms with Gasteiger partial charge < -0.3 is 19.4 Å². The molecular formula is C25H33N3O2. The lowest BCUT2D eigenvalue weighted by Gasteiger charge is -2.23. The molecule has 0 aromatic heterocycles. The van der Waals surface area contributed by atoms with Crippen molar-refractivity contribution >= 4 is 23.4 Å². The van der Waals surface area contributed by atoms with Gasteiger partial charge in [0.1, 0.15) is 5.75 Å². The summed E-state index contributed by atoms with van der Waals surface area (Å²) in [6, 6.07) is 16.6. The topological polar surface area (TPSA) is 36.0 Å². The van der Waals surface area contributed by atoms with E-state index in [1.165, 1.54) is 12.1 Å². The quantitative estimate of drug-likeness (QED) is 0.642. The summed E-state index contributed by atoms with van der Waals surface area (Å²) in [4.78, 5) is 19.0. The monoisotopic (exact) mass is 407 g/mol. The number of carbonyl (C=O) groups is 1. The largest absolute Gasteiger partial charge is 0.491 e. The Morgan fingerprint density at radius 2 is 1.73 bits per heavy atom. The van der Waals surface area contributed by atoms with Gasteiger partial charge in [-0.15, -0.1) is 0 Å². The van der Waals surface area contributed by atoms with E-state index < -0.39 is 0 Å². The molecule has 2 aromatic carbocycles. The van der Waals surface area contributed by atoms with Gasteiger partial charge in [-0.25, -0.2) is 0 Å². The molecule has 1 heterocycles. The highest BCUT2D eigenvalue weighted by molar-refractivity contribution is 6.03. The molecule has 1 amide bonds. The third kappa shape index (κ3) is 5.63. The average molecular weight is 408 g/mol. The molecule has 2 aromatic rings. The van der Waals surface area contributed by atoms with Gasteiger partial charge in [0.25, 0.3) is 5.91 Å². The van der Waals surface area contributed by atoms with Crippen LogP contribution in [0.5, 0.6) is 5.75 Å². The van der Waals surface area contributed by atoms with Crippen LogP contribution in [0.4, 0.5) is 11.4 Å². The highest BCUT2D eigenvalue weighted by Gasteiger charge is 2.24. The standard InChI is InChI=1S/C25H33N3O2/c1-19(2)30-24-13-6-20(7-14-24)8-15-25(29)27(5)21-9-11-22(12-10-21)28-17-16-23(18-28)26(3)4/h6-15,19,23H,16-18H2,1-5H3. The number of rotatable bonds is 7. The Labute approximate surface area is 180 Å². The number of likely N-dealkylation sites (N-methyl/N-ethyl adjacent to an activating group) is 2. The lowest BCUT2D eigenvalue weighted by molar-refractivity contribution is -0.113. The zero-order valence-corrected chi connectivity index (χ0v) is 18.7. The predicted octanol–water partition coefficient (Wildman–Crippen LogP) is 4.29. The first kappa shape index (κ1) is 21.9. The van der Waals surface area contributed by atoms with Crippen molar-refractivity contribution in [1.82, 2.24) is 4.90 Å². The van der Waals surface area contributed by atoms with Gasteiger partial charge in [0.2, 0.25) is 0 Å². The lowest BCUT2D eigenvalue weighted by atomic mass is 10.2. The summed E-state index contributed by atoms with van der Waals surface area (Å²) in [5.74, 6) is 0.777. The fourth-order valence-corrected chi connectivity index (χ4v) is 3.62. The lowest BCUT2D eigenvalue weighted by Crippen LogP contribution is -2.31. The van der Waals surface area contributed by atoms with Crippen LogP contribution in [-0.4, -0.2) is 57.2 Å². The van der Waals surface area contributed by atoms with Crippen molar-refractivity contribution in [3.8, 4) is 5.75 Å². The molecule has 1 aliphatic heterocycles. The van der Waals surface area contributed by atoms with E-state index in [2.05, 4.69) is 36.0 Å². The van der Waals surface area contributed by atoms with Crippen molar-refractivity contribution in [3.05, 3.63) is 60.2 Å². The third-order valence-electron chi connectivity index (χ3n) is 5.50. The number of carbonyl (C=O) groups excluding carboxylic acids is 1. The molecule has 30 heavy (non-hydrogen) atoms. The zero-order valence-electron chi connectivity index (χ0n) is 18.7. The molecule has 0 spiro atoms. The second kappa shape index (κ2) is 9.81. The molecular weight excluding hydrogens is 374 g/mol. The van der Waals surface area contributed by atoms with E-state index in [9.17, 15) is 4.79 Å². The second-order valence-corrected chi connectivity index (χ2v) is 8.33. The highest BCUT2D eigenvalue weighted by Crippen LogP contribution is 2.25. The van der Waals surface area contributed by atoms with Crippen LogP contribution in [0.3, 0.4) is 0 Å². The zero-order chi connectivity index (χ0) is 21.7. The maximum absolute atomic E-state index is 12.6. The van der Waals surface area contributed by atoms with Gasteiger partial charge in [0.15, 0.2) is 0 Å². The summed E-state index contributed by atoms with van der Waals surface area (Å²) < 4.78 is 5.65. The Balaban J connectivity index is 1.58. The number of hydrogen-bond acceptors (Lipinski definition) is 4. The van der Waals surface area contributed by atoms with Crippen molar-refractivity contribution in [2.45, 2.75) is 32.4 Å². The van der Waals surface area contributed by atoms with Crippen LogP contribution < -0.4 is 14.5 Å². The molecule has 5 heteroatoms. The van der Waals surface area contributed by atoms with E-state index in [1.54, 1.807) is 18.0 Å². The van der Waals surface area contributed by atoms with Gasteiger partial charge in [0, 0.05) is 43.6 Å². The van der Waals surface area contributed by atoms with Crippen LogP contribution in [-0.2, 0) is 4.79 Å². The van der Waals surface area contributed by atoms with E-state index in [0.717, 1.165) is 30.1 Å².